The molecule has 19 heavy (non-hydrogen) atoms. The predicted octanol–water partition coefficient (Wildman–Crippen LogP) is 1.78. The molecule has 2 atom stereocenters. The average molecular weight is 263 g/mol. The van der Waals surface area contributed by atoms with Gasteiger partial charge in [0.2, 0.25) is 0 Å². The summed E-state index contributed by atoms with van der Waals surface area (Å²) < 4.78 is 0. The summed E-state index contributed by atoms with van der Waals surface area (Å²) in [5, 5.41) is 18.2. The Morgan fingerprint density at radius 1 is 1.21 bits per heavy atom. The molecule has 102 valence electrons. The zero-order chi connectivity index (χ0) is 14.0. The highest BCUT2D eigenvalue weighted by atomic mass is 16.4. The van der Waals surface area contributed by atoms with Gasteiger partial charge in [0.25, 0.3) is 0 Å². The lowest BCUT2D eigenvalue weighted by Gasteiger charge is -2.38. The highest BCUT2D eigenvalue weighted by Crippen LogP contribution is 2.33. The summed E-state index contributed by atoms with van der Waals surface area (Å²) in [6, 6.07) is 6.35. The van der Waals surface area contributed by atoms with Crippen molar-refractivity contribution in [3.63, 3.8) is 0 Å². The first-order valence-electron chi connectivity index (χ1n) is 6.32. The van der Waals surface area contributed by atoms with Gasteiger partial charge in [-0.1, -0.05) is 19.1 Å². The van der Waals surface area contributed by atoms with Crippen LogP contribution in [0.15, 0.2) is 24.3 Å². The van der Waals surface area contributed by atoms with Crippen molar-refractivity contribution in [3.8, 4) is 5.75 Å². The summed E-state index contributed by atoms with van der Waals surface area (Å²) in [5.74, 6) is -1.82. The molecule has 1 amide bonds. The smallest absolute Gasteiger partial charge is 0.394 e. The second kappa shape index (κ2) is 5.30. The number of hydrogen-bond acceptors (Lipinski definition) is 3. The Labute approximate surface area is 111 Å². The fourth-order valence-corrected chi connectivity index (χ4v) is 2.54. The van der Waals surface area contributed by atoms with Gasteiger partial charge in [-0.15, -0.1) is 0 Å². The summed E-state index contributed by atoms with van der Waals surface area (Å²) in [6.45, 7) is 2.46. The summed E-state index contributed by atoms with van der Waals surface area (Å²) >= 11 is 0. The van der Waals surface area contributed by atoms with Crippen molar-refractivity contribution < 1.29 is 19.8 Å². The van der Waals surface area contributed by atoms with E-state index in [4.69, 9.17) is 5.11 Å². The minimum absolute atomic E-state index is 0.157. The Balaban J connectivity index is 2.27. The Hall–Kier alpha value is -2.04. The number of phenolic OH excluding ortho intramolecular Hbond substituents is 1. The number of carboxylic acids is 1. The van der Waals surface area contributed by atoms with E-state index >= 15 is 0 Å². The highest BCUT2D eigenvalue weighted by molar-refractivity contribution is 6.31. The maximum atomic E-state index is 11.8. The van der Waals surface area contributed by atoms with Crippen LogP contribution >= 0.6 is 0 Å². The van der Waals surface area contributed by atoms with E-state index in [1.165, 1.54) is 4.90 Å². The molecule has 1 heterocycles. The molecule has 1 aromatic rings. The summed E-state index contributed by atoms with van der Waals surface area (Å²) in [5.41, 5.74) is 0.860. The zero-order valence-electron chi connectivity index (χ0n) is 10.7. The number of carbonyl (C=O) groups is 2. The Bertz CT molecular complexity index is 483. The second-order valence-electron chi connectivity index (χ2n) is 5.05. The van der Waals surface area contributed by atoms with E-state index in [-0.39, 0.29) is 11.8 Å². The van der Waals surface area contributed by atoms with Crippen molar-refractivity contribution in [2.24, 2.45) is 5.92 Å². The van der Waals surface area contributed by atoms with Crippen LogP contribution in [-0.2, 0) is 9.59 Å². The first-order chi connectivity index (χ1) is 8.99. The summed E-state index contributed by atoms with van der Waals surface area (Å²) in [7, 11) is 0. The number of carbonyl (C=O) groups excluding carboxylic acids is 1. The molecule has 2 rings (SSSR count). The maximum Gasteiger partial charge on any atom is 0.394 e. The van der Waals surface area contributed by atoms with Gasteiger partial charge in [0.05, 0.1) is 6.04 Å². The number of hydrogen-bond donors (Lipinski definition) is 2. The molecule has 1 fully saturated rings. The van der Waals surface area contributed by atoms with Crippen molar-refractivity contribution in [2.75, 3.05) is 6.54 Å². The molecule has 0 saturated carbocycles. The van der Waals surface area contributed by atoms with Gasteiger partial charge in [-0.2, -0.15) is 0 Å². The van der Waals surface area contributed by atoms with Gasteiger partial charge in [-0.05, 0) is 36.5 Å². The van der Waals surface area contributed by atoms with Crippen LogP contribution in [0.5, 0.6) is 5.75 Å². The highest BCUT2D eigenvalue weighted by Gasteiger charge is 2.33. The minimum Gasteiger partial charge on any atom is -0.508 e. The number of amides is 1. The third-order valence-corrected chi connectivity index (χ3v) is 3.54. The molecule has 1 saturated heterocycles. The van der Waals surface area contributed by atoms with E-state index in [1.807, 2.05) is 6.92 Å². The molecule has 0 bridgehead atoms. The van der Waals surface area contributed by atoms with E-state index in [2.05, 4.69) is 0 Å². The molecule has 0 aliphatic carbocycles. The monoisotopic (exact) mass is 263 g/mol. The van der Waals surface area contributed by atoms with E-state index < -0.39 is 11.9 Å². The number of rotatable bonds is 1. The molecule has 2 N–H and O–H groups in total. The number of benzene rings is 1. The number of piperidine rings is 1. The van der Waals surface area contributed by atoms with E-state index in [0.717, 1.165) is 18.4 Å². The van der Waals surface area contributed by atoms with Crippen LogP contribution in [0.2, 0.25) is 0 Å². The van der Waals surface area contributed by atoms with E-state index in [9.17, 15) is 14.7 Å². The number of nitrogens with zero attached hydrogens (tertiary/aromatic N) is 1. The van der Waals surface area contributed by atoms with Crippen molar-refractivity contribution in [1.29, 1.82) is 0 Å². The molecular weight excluding hydrogens is 246 g/mol. The van der Waals surface area contributed by atoms with Gasteiger partial charge < -0.3 is 15.1 Å². The molecule has 5 heteroatoms. The molecule has 5 nitrogen and oxygen atoms in total. The number of aromatic hydroxyl groups is 1. The lowest BCUT2D eigenvalue weighted by atomic mass is 9.90. The fraction of sp³-hybridized carbons (Fsp3) is 0.429. The Kier molecular flexibility index (Phi) is 3.74. The standard InChI is InChI=1S/C14H17NO4/c1-9-2-7-12(10-3-5-11(16)6-4-10)15(8-9)13(17)14(18)19/h3-6,9,12,16H,2,7-8H2,1H3,(H,18,19). The van der Waals surface area contributed by atoms with Crippen molar-refractivity contribution in [1.82, 2.24) is 4.90 Å². The van der Waals surface area contributed by atoms with Crippen molar-refractivity contribution in [2.45, 2.75) is 25.8 Å². The minimum atomic E-state index is -1.42. The van der Waals surface area contributed by atoms with Crippen LogP contribution in [-0.4, -0.2) is 33.5 Å². The first kappa shape index (κ1) is 13.4. The molecule has 2 unspecified atom stereocenters. The Morgan fingerprint density at radius 3 is 2.42 bits per heavy atom. The summed E-state index contributed by atoms with van der Waals surface area (Å²) in [4.78, 5) is 24.1. The van der Waals surface area contributed by atoms with Crippen LogP contribution in [0.25, 0.3) is 0 Å². The second-order valence-corrected chi connectivity index (χ2v) is 5.05. The van der Waals surface area contributed by atoms with Gasteiger partial charge in [0, 0.05) is 6.54 Å². The molecular formula is C14H17NO4. The third kappa shape index (κ3) is 2.86. The Morgan fingerprint density at radius 2 is 1.84 bits per heavy atom. The molecule has 1 aliphatic heterocycles. The van der Waals surface area contributed by atoms with Crippen LogP contribution in [0.3, 0.4) is 0 Å². The predicted molar refractivity (Wildman–Crippen MR) is 68.6 cm³/mol. The average Bonchev–Trinajstić information content (AvgIpc) is 2.39. The van der Waals surface area contributed by atoms with Crippen LogP contribution < -0.4 is 0 Å². The fourth-order valence-electron chi connectivity index (χ4n) is 2.54. The van der Waals surface area contributed by atoms with Gasteiger partial charge in [-0.25, -0.2) is 4.79 Å². The van der Waals surface area contributed by atoms with Crippen molar-refractivity contribution >= 4 is 11.9 Å². The van der Waals surface area contributed by atoms with Crippen molar-refractivity contribution in [3.05, 3.63) is 29.8 Å². The van der Waals surface area contributed by atoms with Crippen LogP contribution in [0.1, 0.15) is 31.4 Å². The van der Waals surface area contributed by atoms with Gasteiger partial charge in [-0.3, -0.25) is 4.79 Å². The molecule has 1 aliphatic rings. The summed E-state index contributed by atoms with van der Waals surface area (Å²) in [6.07, 6.45) is 1.69. The van der Waals surface area contributed by atoms with Gasteiger partial charge in [0.1, 0.15) is 5.75 Å². The molecule has 0 radical (unpaired) electrons. The quantitative estimate of drug-likeness (QED) is 0.757. The lowest BCUT2D eigenvalue weighted by molar-refractivity contribution is -0.158. The normalized spacial score (nSPS) is 23.1. The zero-order valence-corrected chi connectivity index (χ0v) is 10.7. The first-order valence-corrected chi connectivity index (χ1v) is 6.32. The van der Waals surface area contributed by atoms with Crippen LogP contribution in [0.4, 0.5) is 0 Å². The van der Waals surface area contributed by atoms with Gasteiger partial charge in [0.15, 0.2) is 0 Å². The topological polar surface area (TPSA) is 77.8 Å². The number of likely N-dealkylation sites (tertiary alicyclic amines) is 1. The third-order valence-electron chi connectivity index (χ3n) is 3.54. The molecule has 1 aromatic carbocycles. The van der Waals surface area contributed by atoms with E-state index in [1.54, 1.807) is 24.3 Å². The number of carboxylic acid groups (broad SMARTS) is 1. The molecule has 0 aromatic heterocycles. The van der Waals surface area contributed by atoms with Gasteiger partial charge >= 0.3 is 11.9 Å². The number of aliphatic carboxylic acids is 1. The molecule has 0 spiro atoms. The SMILES string of the molecule is CC1CCC(c2ccc(O)cc2)N(C(=O)C(=O)O)C1. The maximum absolute atomic E-state index is 11.8. The lowest BCUT2D eigenvalue weighted by Crippen LogP contribution is -2.44. The number of phenols is 1. The van der Waals surface area contributed by atoms with Crippen LogP contribution in [0, 0.1) is 5.92 Å². The largest absolute Gasteiger partial charge is 0.508 e. The van der Waals surface area contributed by atoms with E-state index in [0.29, 0.717) is 12.5 Å².